The Kier molecular flexibility index (Phi) is 5.97. The van der Waals surface area contributed by atoms with Crippen LogP contribution in [0.2, 0.25) is 0 Å². The molecule has 4 nitrogen and oxygen atoms in total. The molecule has 0 saturated heterocycles. The fourth-order valence-electron chi connectivity index (χ4n) is 1.25. The Morgan fingerprint density at radius 2 is 1.73 bits per heavy atom. The van der Waals surface area contributed by atoms with Crippen LogP contribution in [-0.4, -0.2) is 35.8 Å². The van der Waals surface area contributed by atoms with Crippen molar-refractivity contribution in [3.63, 3.8) is 0 Å². The van der Waals surface area contributed by atoms with Gasteiger partial charge in [0.1, 0.15) is 0 Å². The summed E-state index contributed by atoms with van der Waals surface area (Å²) in [6.45, 7) is 10.1. The van der Waals surface area contributed by atoms with Gasteiger partial charge in [-0.05, 0) is 20.8 Å². The van der Waals surface area contributed by atoms with E-state index in [2.05, 4.69) is 5.32 Å². The number of amides is 2. The van der Waals surface area contributed by atoms with Crippen LogP contribution in [0.3, 0.4) is 0 Å². The Labute approximate surface area is 92.0 Å². The molecule has 15 heavy (non-hydrogen) atoms. The Morgan fingerprint density at radius 1 is 1.20 bits per heavy atom. The van der Waals surface area contributed by atoms with Gasteiger partial charge in [-0.1, -0.05) is 13.8 Å². The molecule has 0 aromatic rings. The molecule has 0 aromatic carbocycles. The lowest BCUT2D eigenvalue weighted by molar-refractivity contribution is -0.138. The van der Waals surface area contributed by atoms with E-state index in [1.807, 2.05) is 34.6 Å². The lowest BCUT2D eigenvalue weighted by atomic mass is 10.2. The van der Waals surface area contributed by atoms with Crippen LogP contribution < -0.4 is 5.32 Å². The normalized spacial score (nSPS) is 10.6. The van der Waals surface area contributed by atoms with E-state index in [-0.39, 0.29) is 30.3 Å². The Bertz CT molecular complexity index is 225. The monoisotopic (exact) mass is 214 g/mol. The second-order valence-corrected chi connectivity index (χ2v) is 4.23. The predicted octanol–water partition coefficient (Wildman–Crippen LogP) is 1.02. The zero-order chi connectivity index (χ0) is 12.0. The Hall–Kier alpha value is -1.06. The average molecular weight is 214 g/mol. The van der Waals surface area contributed by atoms with Crippen LogP contribution >= 0.6 is 0 Å². The number of carbonyl (C=O) groups is 2. The van der Waals surface area contributed by atoms with E-state index in [1.54, 1.807) is 4.90 Å². The maximum Gasteiger partial charge on any atom is 0.239 e. The summed E-state index contributed by atoms with van der Waals surface area (Å²) < 4.78 is 0. The molecule has 0 aliphatic carbocycles. The van der Waals surface area contributed by atoms with Gasteiger partial charge in [-0.2, -0.15) is 0 Å². The number of hydrogen-bond acceptors (Lipinski definition) is 2. The molecule has 0 aliphatic heterocycles. The summed E-state index contributed by atoms with van der Waals surface area (Å²) in [6.07, 6.45) is 0. The highest BCUT2D eigenvalue weighted by Gasteiger charge is 2.18. The van der Waals surface area contributed by atoms with Crippen molar-refractivity contribution in [2.45, 2.75) is 40.7 Å². The summed E-state index contributed by atoms with van der Waals surface area (Å²) in [5, 5.41) is 2.77. The lowest BCUT2D eigenvalue weighted by Gasteiger charge is -2.22. The zero-order valence-electron chi connectivity index (χ0n) is 10.3. The summed E-state index contributed by atoms with van der Waals surface area (Å²) in [5.41, 5.74) is 0. The van der Waals surface area contributed by atoms with Crippen molar-refractivity contribution in [2.24, 2.45) is 5.92 Å². The molecule has 0 heterocycles. The number of carbonyl (C=O) groups excluding carboxylic acids is 2. The van der Waals surface area contributed by atoms with Crippen molar-refractivity contribution < 1.29 is 9.59 Å². The van der Waals surface area contributed by atoms with Gasteiger partial charge in [0.25, 0.3) is 0 Å². The third kappa shape index (κ3) is 5.40. The summed E-state index contributed by atoms with van der Waals surface area (Å²) in [7, 11) is 0. The minimum atomic E-state index is -0.0964. The number of nitrogens with zero attached hydrogens (tertiary/aromatic N) is 1. The van der Waals surface area contributed by atoms with E-state index >= 15 is 0 Å². The summed E-state index contributed by atoms with van der Waals surface area (Å²) in [5.74, 6) is -0.131. The first kappa shape index (κ1) is 13.9. The molecule has 0 spiro atoms. The van der Waals surface area contributed by atoms with Gasteiger partial charge in [-0.15, -0.1) is 0 Å². The maximum absolute atomic E-state index is 11.6. The fourth-order valence-corrected chi connectivity index (χ4v) is 1.25. The van der Waals surface area contributed by atoms with Gasteiger partial charge in [-0.25, -0.2) is 0 Å². The molecule has 0 unspecified atom stereocenters. The SMILES string of the molecule is CCN(CC(=O)NC(C)C)C(=O)C(C)C. The minimum absolute atomic E-state index is 0.0245. The van der Waals surface area contributed by atoms with Crippen LogP contribution in [0, 0.1) is 5.92 Å². The van der Waals surface area contributed by atoms with Crippen molar-refractivity contribution in [3.05, 3.63) is 0 Å². The van der Waals surface area contributed by atoms with Crippen LogP contribution in [-0.2, 0) is 9.59 Å². The third-order valence-corrected chi connectivity index (χ3v) is 1.97. The minimum Gasteiger partial charge on any atom is -0.352 e. The average Bonchev–Trinajstić information content (AvgIpc) is 2.11. The van der Waals surface area contributed by atoms with Crippen molar-refractivity contribution >= 4 is 11.8 Å². The molecule has 2 amide bonds. The first-order valence-electron chi connectivity index (χ1n) is 5.46. The fraction of sp³-hybridized carbons (Fsp3) is 0.818. The highest BCUT2D eigenvalue weighted by atomic mass is 16.2. The van der Waals surface area contributed by atoms with E-state index < -0.39 is 0 Å². The Morgan fingerprint density at radius 3 is 2.07 bits per heavy atom. The molecule has 0 radical (unpaired) electrons. The second kappa shape index (κ2) is 6.43. The summed E-state index contributed by atoms with van der Waals surface area (Å²) in [6, 6.07) is 0.116. The molecule has 0 aromatic heterocycles. The molecule has 1 N–H and O–H groups in total. The number of hydrogen-bond donors (Lipinski definition) is 1. The highest BCUT2D eigenvalue weighted by Crippen LogP contribution is 2.00. The van der Waals surface area contributed by atoms with Crippen molar-refractivity contribution in [2.75, 3.05) is 13.1 Å². The van der Waals surface area contributed by atoms with E-state index in [0.29, 0.717) is 6.54 Å². The summed E-state index contributed by atoms with van der Waals surface area (Å²) in [4.78, 5) is 24.7. The van der Waals surface area contributed by atoms with Crippen LogP contribution in [0.15, 0.2) is 0 Å². The smallest absolute Gasteiger partial charge is 0.239 e. The molecule has 0 aliphatic rings. The first-order valence-corrected chi connectivity index (χ1v) is 5.46. The van der Waals surface area contributed by atoms with Gasteiger partial charge in [-0.3, -0.25) is 9.59 Å². The lowest BCUT2D eigenvalue weighted by Crippen LogP contribution is -2.43. The molecule has 0 atom stereocenters. The summed E-state index contributed by atoms with van der Waals surface area (Å²) >= 11 is 0. The van der Waals surface area contributed by atoms with Gasteiger partial charge >= 0.3 is 0 Å². The molecule has 4 heteroatoms. The van der Waals surface area contributed by atoms with Crippen LogP contribution in [0.4, 0.5) is 0 Å². The number of likely N-dealkylation sites (N-methyl/N-ethyl adjacent to an activating group) is 1. The predicted molar refractivity (Wildman–Crippen MR) is 60.4 cm³/mol. The topological polar surface area (TPSA) is 49.4 Å². The van der Waals surface area contributed by atoms with Gasteiger partial charge in [0.05, 0.1) is 6.54 Å². The van der Waals surface area contributed by atoms with E-state index in [4.69, 9.17) is 0 Å². The highest BCUT2D eigenvalue weighted by molar-refractivity contribution is 5.85. The molecular formula is C11H22N2O2. The largest absolute Gasteiger partial charge is 0.352 e. The van der Waals surface area contributed by atoms with Crippen molar-refractivity contribution in [1.29, 1.82) is 0 Å². The van der Waals surface area contributed by atoms with Gasteiger partial charge in [0, 0.05) is 18.5 Å². The van der Waals surface area contributed by atoms with Gasteiger partial charge < -0.3 is 10.2 Å². The third-order valence-electron chi connectivity index (χ3n) is 1.97. The maximum atomic E-state index is 11.6. The molecular weight excluding hydrogens is 192 g/mol. The molecule has 0 fully saturated rings. The van der Waals surface area contributed by atoms with Gasteiger partial charge in [0.15, 0.2) is 0 Å². The van der Waals surface area contributed by atoms with Crippen LogP contribution in [0.5, 0.6) is 0 Å². The quantitative estimate of drug-likeness (QED) is 0.742. The second-order valence-electron chi connectivity index (χ2n) is 4.23. The molecule has 0 rings (SSSR count). The van der Waals surface area contributed by atoms with Gasteiger partial charge in [0.2, 0.25) is 11.8 Å². The Balaban J connectivity index is 4.21. The first-order chi connectivity index (χ1) is 6.88. The van der Waals surface area contributed by atoms with E-state index in [0.717, 1.165) is 0 Å². The van der Waals surface area contributed by atoms with Crippen LogP contribution in [0.25, 0.3) is 0 Å². The van der Waals surface area contributed by atoms with E-state index in [1.165, 1.54) is 0 Å². The number of rotatable bonds is 5. The molecule has 0 bridgehead atoms. The molecule has 0 saturated carbocycles. The van der Waals surface area contributed by atoms with Crippen LogP contribution in [0.1, 0.15) is 34.6 Å². The standard InChI is InChI=1S/C11H22N2O2/c1-6-13(11(15)8(2)3)7-10(14)12-9(4)5/h8-9H,6-7H2,1-5H3,(H,12,14). The number of nitrogens with one attached hydrogen (secondary N) is 1. The van der Waals surface area contributed by atoms with Crippen molar-refractivity contribution in [1.82, 2.24) is 10.2 Å². The van der Waals surface area contributed by atoms with E-state index in [9.17, 15) is 9.59 Å². The van der Waals surface area contributed by atoms with Crippen molar-refractivity contribution in [3.8, 4) is 0 Å². The zero-order valence-corrected chi connectivity index (χ0v) is 10.3. The molecule has 88 valence electrons.